The summed E-state index contributed by atoms with van der Waals surface area (Å²) in [6, 6.07) is 2.35. The number of carbonyl (C=O) groups excluding carboxylic acids is 1. The molecule has 23 heavy (non-hydrogen) atoms. The molecule has 2 aromatic rings. The molecular weight excluding hydrogens is 301 g/mol. The molecule has 0 saturated carbocycles. The number of aryl methyl sites for hydroxylation is 2. The number of carboxylic acid groups (broad SMARTS) is 1. The number of benzene rings is 1. The van der Waals surface area contributed by atoms with Gasteiger partial charge < -0.3 is 10.4 Å². The van der Waals surface area contributed by atoms with E-state index in [0.29, 0.717) is 22.4 Å². The van der Waals surface area contributed by atoms with Crippen LogP contribution in [-0.4, -0.2) is 33.5 Å². The van der Waals surface area contributed by atoms with E-state index in [1.807, 2.05) is 0 Å². The first-order valence-corrected chi connectivity index (χ1v) is 7.22. The molecule has 1 atom stereocenters. The van der Waals surface area contributed by atoms with Crippen LogP contribution in [0.5, 0.6) is 0 Å². The van der Waals surface area contributed by atoms with Crippen molar-refractivity contribution in [2.45, 2.75) is 27.2 Å². The number of amides is 1. The normalized spacial score (nSPS) is 12.2. The van der Waals surface area contributed by atoms with Gasteiger partial charge in [0.05, 0.1) is 22.5 Å². The molecule has 7 heteroatoms. The summed E-state index contributed by atoms with van der Waals surface area (Å²) >= 11 is 0. The lowest BCUT2D eigenvalue weighted by Gasteiger charge is -2.12. The fraction of sp³-hybridized carbons (Fsp3) is 0.375. The van der Waals surface area contributed by atoms with Crippen molar-refractivity contribution in [2.75, 3.05) is 6.54 Å². The topological polar surface area (TPSA) is 92.2 Å². The predicted molar refractivity (Wildman–Crippen MR) is 82.7 cm³/mol. The highest BCUT2D eigenvalue weighted by atomic mass is 19.1. The lowest BCUT2D eigenvalue weighted by molar-refractivity contribution is -0.137. The van der Waals surface area contributed by atoms with Gasteiger partial charge in [-0.05, 0) is 25.8 Å². The Labute approximate surface area is 132 Å². The fourth-order valence-electron chi connectivity index (χ4n) is 2.20. The summed E-state index contributed by atoms with van der Waals surface area (Å²) in [5, 5.41) is 11.3. The van der Waals surface area contributed by atoms with Crippen molar-refractivity contribution in [2.24, 2.45) is 5.92 Å². The molecule has 0 aliphatic carbocycles. The van der Waals surface area contributed by atoms with E-state index < -0.39 is 17.7 Å². The average molecular weight is 319 g/mol. The van der Waals surface area contributed by atoms with Crippen LogP contribution in [0.4, 0.5) is 4.39 Å². The molecule has 0 bridgehead atoms. The van der Waals surface area contributed by atoms with Gasteiger partial charge in [0, 0.05) is 19.0 Å². The second-order valence-electron chi connectivity index (χ2n) is 5.63. The van der Waals surface area contributed by atoms with Crippen molar-refractivity contribution >= 4 is 22.9 Å². The van der Waals surface area contributed by atoms with Crippen LogP contribution >= 0.6 is 0 Å². The van der Waals surface area contributed by atoms with Gasteiger partial charge in [0.25, 0.3) is 5.91 Å². The molecule has 1 unspecified atom stereocenters. The molecule has 1 aromatic carbocycles. The van der Waals surface area contributed by atoms with Crippen LogP contribution in [0.1, 0.15) is 35.1 Å². The summed E-state index contributed by atoms with van der Waals surface area (Å²) in [4.78, 5) is 31.5. The molecule has 0 aliphatic heterocycles. The Morgan fingerprint density at radius 2 is 1.91 bits per heavy atom. The van der Waals surface area contributed by atoms with Gasteiger partial charge in [-0.1, -0.05) is 6.92 Å². The number of carboxylic acids is 1. The summed E-state index contributed by atoms with van der Waals surface area (Å²) in [6.07, 6.45) is -0.0533. The molecule has 0 spiro atoms. The highest BCUT2D eigenvalue weighted by Crippen LogP contribution is 2.19. The van der Waals surface area contributed by atoms with E-state index >= 15 is 0 Å². The van der Waals surface area contributed by atoms with Gasteiger partial charge in [-0.3, -0.25) is 9.59 Å². The van der Waals surface area contributed by atoms with E-state index in [4.69, 9.17) is 5.11 Å². The number of rotatable bonds is 5. The number of carbonyl (C=O) groups is 2. The Morgan fingerprint density at radius 3 is 2.57 bits per heavy atom. The van der Waals surface area contributed by atoms with Crippen molar-refractivity contribution in [3.8, 4) is 0 Å². The first-order chi connectivity index (χ1) is 10.8. The number of hydrogen-bond donors (Lipinski definition) is 2. The van der Waals surface area contributed by atoms with E-state index in [1.165, 1.54) is 6.07 Å². The van der Waals surface area contributed by atoms with E-state index in [0.717, 1.165) is 6.07 Å². The van der Waals surface area contributed by atoms with Gasteiger partial charge in [0.2, 0.25) is 0 Å². The van der Waals surface area contributed by atoms with Crippen LogP contribution in [0.25, 0.3) is 11.0 Å². The Bertz CT molecular complexity index is 777. The Morgan fingerprint density at radius 1 is 1.26 bits per heavy atom. The van der Waals surface area contributed by atoms with Crippen molar-refractivity contribution in [1.29, 1.82) is 0 Å². The molecule has 1 heterocycles. The predicted octanol–water partition coefficient (Wildman–Crippen LogP) is 2.23. The van der Waals surface area contributed by atoms with Crippen LogP contribution in [0.15, 0.2) is 12.1 Å². The van der Waals surface area contributed by atoms with E-state index in [2.05, 4.69) is 15.3 Å². The average Bonchev–Trinajstić information content (AvgIpc) is 2.45. The van der Waals surface area contributed by atoms with Gasteiger partial charge in [-0.25, -0.2) is 14.4 Å². The quantitative estimate of drug-likeness (QED) is 0.881. The minimum atomic E-state index is -0.931. The highest BCUT2D eigenvalue weighted by molar-refractivity contribution is 6.04. The van der Waals surface area contributed by atoms with Crippen LogP contribution < -0.4 is 5.32 Å². The number of aliphatic carboxylic acids is 1. The third kappa shape index (κ3) is 4.00. The maximum Gasteiger partial charge on any atom is 0.303 e. The smallest absolute Gasteiger partial charge is 0.303 e. The number of fused-ring (bicyclic) bond motifs is 1. The zero-order chi connectivity index (χ0) is 17.1. The highest BCUT2D eigenvalue weighted by Gasteiger charge is 2.16. The third-order valence-electron chi connectivity index (χ3n) is 3.52. The maximum absolute atomic E-state index is 13.7. The SMILES string of the molecule is Cc1nc2cc(F)cc(C(=O)NCC(C)CC(=O)O)c2nc1C. The van der Waals surface area contributed by atoms with E-state index in [1.54, 1.807) is 20.8 Å². The molecule has 2 rings (SSSR count). The Hall–Kier alpha value is -2.57. The summed E-state index contributed by atoms with van der Waals surface area (Å²) in [5.41, 5.74) is 2.08. The molecule has 122 valence electrons. The lowest BCUT2D eigenvalue weighted by Crippen LogP contribution is -2.29. The van der Waals surface area contributed by atoms with Crippen molar-refractivity contribution in [1.82, 2.24) is 15.3 Å². The van der Waals surface area contributed by atoms with Crippen molar-refractivity contribution < 1.29 is 19.1 Å². The standard InChI is InChI=1S/C16H18FN3O3/c1-8(4-14(21)22)7-18-16(23)12-5-11(17)6-13-15(12)20-10(3)9(2)19-13/h5-6,8H,4,7H2,1-3H3,(H,18,23)(H,21,22). The van der Waals surface area contributed by atoms with E-state index in [-0.39, 0.29) is 24.4 Å². The second-order valence-corrected chi connectivity index (χ2v) is 5.63. The summed E-state index contributed by atoms with van der Waals surface area (Å²) < 4.78 is 13.7. The van der Waals surface area contributed by atoms with Crippen molar-refractivity contribution in [3.05, 3.63) is 34.9 Å². The summed E-state index contributed by atoms with van der Waals surface area (Å²) in [5.74, 6) is -2.23. The summed E-state index contributed by atoms with van der Waals surface area (Å²) in [7, 11) is 0. The molecular formula is C16H18FN3O3. The fourth-order valence-corrected chi connectivity index (χ4v) is 2.20. The van der Waals surface area contributed by atoms with Gasteiger partial charge in [-0.2, -0.15) is 0 Å². The van der Waals surface area contributed by atoms with Crippen molar-refractivity contribution in [3.63, 3.8) is 0 Å². The van der Waals surface area contributed by atoms with Gasteiger partial charge in [0.15, 0.2) is 0 Å². The zero-order valence-electron chi connectivity index (χ0n) is 13.2. The van der Waals surface area contributed by atoms with Crippen LogP contribution in [-0.2, 0) is 4.79 Å². The number of hydrogen-bond acceptors (Lipinski definition) is 4. The number of aromatic nitrogens is 2. The summed E-state index contributed by atoms with van der Waals surface area (Å²) in [6.45, 7) is 5.43. The number of halogens is 1. The van der Waals surface area contributed by atoms with Gasteiger partial charge in [0.1, 0.15) is 11.3 Å². The molecule has 1 aromatic heterocycles. The lowest BCUT2D eigenvalue weighted by atomic mass is 10.1. The number of nitrogens with one attached hydrogen (secondary N) is 1. The monoisotopic (exact) mass is 319 g/mol. The molecule has 0 aliphatic rings. The Kier molecular flexibility index (Phi) is 4.88. The van der Waals surface area contributed by atoms with Gasteiger partial charge in [-0.15, -0.1) is 0 Å². The molecule has 0 saturated heterocycles. The maximum atomic E-state index is 13.7. The van der Waals surface area contributed by atoms with E-state index in [9.17, 15) is 14.0 Å². The molecule has 0 fully saturated rings. The molecule has 0 radical (unpaired) electrons. The minimum absolute atomic E-state index is 0.0533. The second kappa shape index (κ2) is 6.68. The zero-order valence-corrected chi connectivity index (χ0v) is 13.2. The minimum Gasteiger partial charge on any atom is -0.481 e. The molecule has 2 N–H and O–H groups in total. The van der Waals surface area contributed by atoms with Crippen LogP contribution in [0.2, 0.25) is 0 Å². The van der Waals surface area contributed by atoms with Crippen LogP contribution in [0.3, 0.4) is 0 Å². The molecule has 1 amide bonds. The van der Waals surface area contributed by atoms with Gasteiger partial charge >= 0.3 is 5.97 Å². The number of nitrogens with zero attached hydrogens (tertiary/aromatic N) is 2. The largest absolute Gasteiger partial charge is 0.481 e. The Balaban J connectivity index is 2.29. The first-order valence-electron chi connectivity index (χ1n) is 7.22. The first kappa shape index (κ1) is 16.8. The van der Waals surface area contributed by atoms with Crippen LogP contribution in [0, 0.1) is 25.6 Å². The third-order valence-corrected chi connectivity index (χ3v) is 3.52. The molecule has 6 nitrogen and oxygen atoms in total.